The van der Waals surface area contributed by atoms with E-state index in [4.69, 9.17) is 4.74 Å². The Labute approximate surface area is 201 Å². The number of amides is 5. The number of piperidine rings is 1. The lowest BCUT2D eigenvalue weighted by Crippen LogP contribution is -2.59. The lowest BCUT2D eigenvalue weighted by molar-refractivity contribution is -0.136. The van der Waals surface area contributed by atoms with E-state index in [0.29, 0.717) is 32.8 Å². The summed E-state index contributed by atoms with van der Waals surface area (Å²) < 4.78 is 20.4. The molecule has 0 aromatic heterocycles. The molecule has 5 amide bonds. The average Bonchev–Trinajstić information content (AvgIpc) is 3.33. The van der Waals surface area contributed by atoms with Crippen LogP contribution in [0, 0.1) is 11.2 Å². The number of hydrogen-bond donors (Lipinski definition) is 1. The van der Waals surface area contributed by atoms with Crippen LogP contribution in [0.15, 0.2) is 12.1 Å². The summed E-state index contributed by atoms with van der Waals surface area (Å²) in [7, 11) is 0. The van der Waals surface area contributed by atoms with Crippen molar-refractivity contribution in [3.8, 4) is 0 Å². The van der Waals surface area contributed by atoms with Crippen LogP contribution in [-0.2, 0) is 14.3 Å². The Bertz CT molecular complexity index is 1130. The summed E-state index contributed by atoms with van der Waals surface area (Å²) in [5, 5.41) is 2.15. The fourth-order valence-corrected chi connectivity index (χ4v) is 5.41. The van der Waals surface area contributed by atoms with Gasteiger partial charge in [-0.1, -0.05) is 13.3 Å². The van der Waals surface area contributed by atoms with Crippen molar-refractivity contribution < 1.29 is 33.1 Å². The van der Waals surface area contributed by atoms with Crippen molar-refractivity contribution in [2.75, 3.05) is 37.7 Å². The SMILES string of the molecule is CCCCOC(=O)N1CC2(CCN(c3cc4c(cc3F)C(=O)N(C3CCC(=O)NC3=O)C4=O)C2)C1. The molecule has 0 aliphatic carbocycles. The first-order valence-electron chi connectivity index (χ1n) is 11.9. The largest absolute Gasteiger partial charge is 0.449 e. The highest BCUT2D eigenvalue weighted by Crippen LogP contribution is 2.43. The summed E-state index contributed by atoms with van der Waals surface area (Å²) in [5.41, 5.74) is 0.0236. The van der Waals surface area contributed by atoms with Crippen molar-refractivity contribution in [3.05, 3.63) is 29.1 Å². The molecule has 11 heteroatoms. The second-order valence-electron chi connectivity index (χ2n) is 9.79. The predicted octanol–water partition coefficient (Wildman–Crippen LogP) is 1.68. The number of halogens is 1. The summed E-state index contributed by atoms with van der Waals surface area (Å²) >= 11 is 0. The predicted molar refractivity (Wildman–Crippen MR) is 120 cm³/mol. The Morgan fingerprint density at radius 2 is 1.86 bits per heavy atom. The Morgan fingerprint density at radius 3 is 2.54 bits per heavy atom. The number of anilines is 1. The Hall–Kier alpha value is -3.50. The van der Waals surface area contributed by atoms with Gasteiger partial charge in [0.2, 0.25) is 11.8 Å². The fraction of sp³-hybridized carbons (Fsp3) is 0.542. The van der Waals surface area contributed by atoms with Gasteiger partial charge >= 0.3 is 6.09 Å². The second kappa shape index (κ2) is 8.62. The van der Waals surface area contributed by atoms with E-state index in [1.54, 1.807) is 4.90 Å². The number of hydrogen-bond acceptors (Lipinski definition) is 7. The van der Waals surface area contributed by atoms with Crippen LogP contribution in [0.25, 0.3) is 0 Å². The highest BCUT2D eigenvalue weighted by Gasteiger charge is 2.51. The van der Waals surface area contributed by atoms with Gasteiger partial charge in [0, 0.05) is 38.0 Å². The van der Waals surface area contributed by atoms with Gasteiger partial charge in [-0.15, -0.1) is 0 Å². The van der Waals surface area contributed by atoms with Gasteiger partial charge in [-0.05, 0) is 31.4 Å². The zero-order valence-electron chi connectivity index (χ0n) is 19.5. The van der Waals surface area contributed by atoms with Crippen molar-refractivity contribution in [2.45, 2.75) is 45.1 Å². The summed E-state index contributed by atoms with van der Waals surface area (Å²) in [5.74, 6) is -3.19. The molecular weight excluding hydrogens is 459 g/mol. The fourth-order valence-electron chi connectivity index (χ4n) is 5.41. The van der Waals surface area contributed by atoms with E-state index >= 15 is 4.39 Å². The number of rotatable bonds is 5. The molecule has 4 aliphatic rings. The average molecular weight is 487 g/mol. The number of nitrogens with one attached hydrogen (secondary N) is 1. The van der Waals surface area contributed by atoms with Gasteiger partial charge in [0.25, 0.3) is 11.8 Å². The number of carbonyl (C=O) groups is 5. The first-order chi connectivity index (χ1) is 16.7. The number of ether oxygens (including phenoxy) is 1. The minimum Gasteiger partial charge on any atom is -0.449 e. The number of fused-ring (bicyclic) bond motifs is 1. The molecule has 1 spiro atoms. The minimum atomic E-state index is -1.10. The third-order valence-electron chi connectivity index (χ3n) is 7.32. The standard InChI is InChI=1S/C24H27FN4O6/c1-2-3-8-35-23(34)28-12-24(13-28)6-7-27(11-24)18-10-15-14(9-16(18)25)21(32)29(22(15)33)17-4-5-19(30)26-20(17)31/h9-10,17H,2-8,11-13H2,1H3,(H,26,30,31). The molecule has 186 valence electrons. The summed E-state index contributed by atoms with van der Waals surface area (Å²) in [6.07, 6.45) is 2.25. The first-order valence-corrected chi connectivity index (χ1v) is 11.9. The van der Waals surface area contributed by atoms with Gasteiger partial charge in [0.1, 0.15) is 11.9 Å². The topological polar surface area (TPSA) is 116 Å². The molecule has 10 nitrogen and oxygen atoms in total. The molecule has 1 aromatic rings. The van der Waals surface area contributed by atoms with Crippen molar-refractivity contribution >= 4 is 35.4 Å². The molecule has 0 radical (unpaired) electrons. The Kier molecular flexibility index (Phi) is 5.72. The molecule has 0 bridgehead atoms. The van der Waals surface area contributed by atoms with E-state index in [9.17, 15) is 24.0 Å². The van der Waals surface area contributed by atoms with Crippen LogP contribution in [0.4, 0.5) is 14.9 Å². The molecule has 0 saturated carbocycles. The van der Waals surface area contributed by atoms with Crippen LogP contribution >= 0.6 is 0 Å². The van der Waals surface area contributed by atoms with Crippen molar-refractivity contribution in [2.24, 2.45) is 5.41 Å². The molecule has 3 fully saturated rings. The maximum atomic E-state index is 15.1. The molecule has 1 aromatic carbocycles. The van der Waals surface area contributed by atoms with Gasteiger partial charge in [0.15, 0.2) is 0 Å². The molecule has 35 heavy (non-hydrogen) atoms. The zero-order chi connectivity index (χ0) is 24.9. The summed E-state index contributed by atoms with van der Waals surface area (Å²) in [6.45, 7) is 4.54. The molecule has 3 saturated heterocycles. The highest BCUT2D eigenvalue weighted by molar-refractivity contribution is 6.23. The highest BCUT2D eigenvalue weighted by atomic mass is 19.1. The Morgan fingerprint density at radius 1 is 1.14 bits per heavy atom. The molecule has 4 heterocycles. The lowest BCUT2D eigenvalue weighted by atomic mass is 9.79. The van der Waals surface area contributed by atoms with Gasteiger partial charge in [-0.3, -0.25) is 29.4 Å². The quantitative estimate of drug-likeness (QED) is 0.497. The van der Waals surface area contributed by atoms with Crippen LogP contribution in [0.2, 0.25) is 0 Å². The molecule has 1 unspecified atom stereocenters. The van der Waals surface area contributed by atoms with Gasteiger partial charge in [-0.2, -0.15) is 0 Å². The number of imide groups is 2. The normalized spacial score (nSPS) is 23.0. The third-order valence-corrected chi connectivity index (χ3v) is 7.32. The van der Waals surface area contributed by atoms with E-state index in [1.807, 2.05) is 11.8 Å². The van der Waals surface area contributed by atoms with E-state index in [-0.39, 0.29) is 41.2 Å². The van der Waals surface area contributed by atoms with Crippen molar-refractivity contribution in [3.63, 3.8) is 0 Å². The third kappa shape index (κ3) is 3.92. The van der Waals surface area contributed by atoms with E-state index < -0.39 is 35.5 Å². The molecular formula is C24H27FN4O6. The van der Waals surface area contributed by atoms with Crippen LogP contribution in [0.5, 0.6) is 0 Å². The van der Waals surface area contributed by atoms with Crippen molar-refractivity contribution in [1.82, 2.24) is 15.1 Å². The van der Waals surface area contributed by atoms with E-state index in [0.717, 1.165) is 30.2 Å². The molecule has 1 atom stereocenters. The maximum Gasteiger partial charge on any atom is 0.409 e. The van der Waals surface area contributed by atoms with Crippen LogP contribution in [-0.4, -0.2) is 78.3 Å². The van der Waals surface area contributed by atoms with E-state index in [2.05, 4.69) is 5.32 Å². The minimum absolute atomic E-state index is 0.0163. The van der Waals surface area contributed by atoms with E-state index in [1.165, 1.54) is 6.07 Å². The first kappa shape index (κ1) is 23.3. The smallest absolute Gasteiger partial charge is 0.409 e. The second-order valence-corrected chi connectivity index (χ2v) is 9.79. The number of nitrogens with zero attached hydrogens (tertiary/aromatic N) is 3. The zero-order valence-corrected chi connectivity index (χ0v) is 19.5. The summed E-state index contributed by atoms with van der Waals surface area (Å²) in [6, 6.07) is 1.34. The number of unbranched alkanes of at least 4 members (excludes halogenated alkanes) is 1. The molecule has 5 rings (SSSR count). The van der Waals surface area contributed by atoms with Crippen molar-refractivity contribution in [1.29, 1.82) is 0 Å². The Balaban J connectivity index is 1.29. The number of carbonyl (C=O) groups excluding carboxylic acids is 5. The van der Waals surface area contributed by atoms with Gasteiger partial charge in [0.05, 0.1) is 23.4 Å². The molecule has 4 aliphatic heterocycles. The monoisotopic (exact) mass is 486 g/mol. The van der Waals surface area contributed by atoms with Crippen LogP contribution in [0.1, 0.15) is 59.7 Å². The number of likely N-dealkylation sites (tertiary alicyclic amines) is 1. The van der Waals surface area contributed by atoms with Gasteiger partial charge in [-0.25, -0.2) is 9.18 Å². The maximum absolute atomic E-state index is 15.1. The van der Waals surface area contributed by atoms with Gasteiger partial charge < -0.3 is 14.5 Å². The lowest BCUT2D eigenvalue weighted by Gasteiger charge is -2.47. The number of benzene rings is 1. The van der Waals surface area contributed by atoms with Crippen LogP contribution in [0.3, 0.4) is 0 Å². The van der Waals surface area contributed by atoms with Crippen LogP contribution < -0.4 is 10.2 Å². The summed E-state index contributed by atoms with van der Waals surface area (Å²) in [4.78, 5) is 66.1. The molecule has 1 N–H and O–H groups in total.